The van der Waals surface area contributed by atoms with Gasteiger partial charge in [0.25, 0.3) is 0 Å². The van der Waals surface area contributed by atoms with Crippen LogP contribution in [-0.2, 0) is 5.41 Å². The molecule has 0 saturated carbocycles. The van der Waals surface area contributed by atoms with Crippen LogP contribution in [0.3, 0.4) is 0 Å². The highest BCUT2D eigenvalue weighted by Crippen LogP contribution is 2.62. The lowest BCUT2D eigenvalue weighted by Crippen LogP contribution is -2.82. The molecule has 5 aliphatic heterocycles. The molecule has 6 atom stereocenters. The second-order valence-electron chi connectivity index (χ2n) is 13.2. The van der Waals surface area contributed by atoms with Gasteiger partial charge in [-0.05, 0) is 113 Å². The summed E-state index contributed by atoms with van der Waals surface area (Å²) in [4.78, 5) is 5.56. The zero-order valence-electron chi connectivity index (χ0n) is 23.9. The molecular formula is C35H43BN4. The molecule has 40 heavy (non-hydrogen) atoms. The highest BCUT2D eigenvalue weighted by atomic mass is 15.3. The van der Waals surface area contributed by atoms with Crippen molar-refractivity contribution < 1.29 is 0 Å². The SMILES string of the molecule is CN1CCCC2C1C1(c3ccccc3N2c2ccccc2)C2CCCNC2B(c2ccccc2)C2NCCCC21. The molecule has 0 radical (unpaired) electrons. The number of hydrogen-bond donors (Lipinski definition) is 2. The number of hydrogen-bond acceptors (Lipinski definition) is 4. The highest BCUT2D eigenvalue weighted by Gasteiger charge is 2.68. The van der Waals surface area contributed by atoms with E-state index >= 15 is 0 Å². The average Bonchev–Trinajstić information content (AvgIpc) is 3.02. The quantitative estimate of drug-likeness (QED) is 0.468. The Morgan fingerprint density at radius 2 is 1.35 bits per heavy atom. The topological polar surface area (TPSA) is 30.5 Å². The van der Waals surface area contributed by atoms with Crippen molar-refractivity contribution in [1.29, 1.82) is 0 Å². The van der Waals surface area contributed by atoms with Gasteiger partial charge >= 0.3 is 0 Å². The number of nitrogens with zero attached hydrogens (tertiary/aromatic N) is 2. The van der Waals surface area contributed by atoms with Crippen molar-refractivity contribution >= 4 is 23.6 Å². The molecule has 4 saturated heterocycles. The standard InChI is InChI=1S/C35H43BN4/c1-39-24-12-21-31-32(39)35(27-17-8-9-20-30(27)40(31)26-15-6-3-7-16-26)28-18-10-22-37-33(28)36(25-13-4-2-5-14-25)34-29(35)19-11-23-38-34/h2-9,13-17,20,28-29,31-34,37-38H,10-12,18-19,21-24H2,1H3. The average molecular weight is 531 g/mol. The summed E-state index contributed by atoms with van der Waals surface area (Å²) in [6.07, 6.45) is 7.73. The summed E-state index contributed by atoms with van der Waals surface area (Å²) < 4.78 is 0. The maximum Gasteiger partial charge on any atom is 0.213 e. The van der Waals surface area contributed by atoms with E-state index in [9.17, 15) is 0 Å². The van der Waals surface area contributed by atoms with Gasteiger partial charge in [0, 0.05) is 22.8 Å². The minimum atomic E-state index is 0.114. The fraction of sp³-hybridized carbons (Fsp3) is 0.486. The summed E-state index contributed by atoms with van der Waals surface area (Å²) in [7, 11) is 2.45. The van der Waals surface area contributed by atoms with Gasteiger partial charge in [-0.2, -0.15) is 0 Å². The first kappa shape index (κ1) is 25.1. The second-order valence-corrected chi connectivity index (χ2v) is 13.2. The molecule has 3 aromatic rings. The third kappa shape index (κ3) is 3.57. The zero-order chi connectivity index (χ0) is 26.7. The van der Waals surface area contributed by atoms with E-state index < -0.39 is 0 Å². The number of benzene rings is 3. The van der Waals surface area contributed by atoms with Crippen LogP contribution < -0.4 is 21.0 Å². The Morgan fingerprint density at radius 1 is 0.725 bits per heavy atom. The molecule has 5 aliphatic rings. The Morgan fingerprint density at radius 3 is 2.05 bits per heavy atom. The van der Waals surface area contributed by atoms with E-state index in [1.807, 2.05) is 0 Å². The number of likely N-dealkylation sites (tertiary alicyclic amines) is 1. The molecule has 1 spiro atoms. The summed E-state index contributed by atoms with van der Waals surface area (Å²) in [5, 5.41) is 8.37. The van der Waals surface area contributed by atoms with E-state index in [0.29, 0.717) is 42.5 Å². The maximum atomic E-state index is 4.19. The van der Waals surface area contributed by atoms with Crippen molar-refractivity contribution in [3.8, 4) is 0 Å². The van der Waals surface area contributed by atoms with Crippen LogP contribution in [0, 0.1) is 11.8 Å². The first-order chi connectivity index (χ1) is 19.8. The summed E-state index contributed by atoms with van der Waals surface area (Å²) >= 11 is 0. The predicted molar refractivity (Wildman–Crippen MR) is 167 cm³/mol. The Bertz CT molecular complexity index is 1310. The molecule has 5 heteroatoms. The molecule has 206 valence electrons. The van der Waals surface area contributed by atoms with Gasteiger partial charge in [-0.15, -0.1) is 0 Å². The monoisotopic (exact) mass is 530 g/mol. The first-order valence-corrected chi connectivity index (χ1v) is 16.0. The van der Waals surface area contributed by atoms with E-state index in [2.05, 4.69) is 112 Å². The summed E-state index contributed by atoms with van der Waals surface area (Å²) in [6, 6.07) is 33.4. The Balaban J connectivity index is 1.39. The minimum absolute atomic E-state index is 0.114. The van der Waals surface area contributed by atoms with Crippen LogP contribution in [0.15, 0.2) is 84.9 Å². The third-order valence-electron chi connectivity index (χ3n) is 11.5. The smallest absolute Gasteiger partial charge is 0.213 e. The van der Waals surface area contributed by atoms with Crippen molar-refractivity contribution in [2.24, 2.45) is 11.8 Å². The first-order valence-electron chi connectivity index (χ1n) is 16.0. The molecule has 0 aliphatic carbocycles. The fourth-order valence-electron chi connectivity index (χ4n) is 10.5. The lowest BCUT2D eigenvalue weighted by Gasteiger charge is -2.69. The van der Waals surface area contributed by atoms with Gasteiger partial charge < -0.3 is 20.4 Å². The van der Waals surface area contributed by atoms with Crippen LogP contribution in [0.4, 0.5) is 11.4 Å². The van der Waals surface area contributed by atoms with Crippen LogP contribution in [0.25, 0.3) is 0 Å². The van der Waals surface area contributed by atoms with Crippen molar-refractivity contribution in [1.82, 2.24) is 15.5 Å². The number of nitrogens with one attached hydrogen (secondary N) is 2. The lowest BCUT2D eigenvalue weighted by molar-refractivity contribution is -0.0320. The van der Waals surface area contributed by atoms with Crippen LogP contribution in [0.1, 0.15) is 44.1 Å². The summed E-state index contributed by atoms with van der Waals surface area (Å²) in [5.41, 5.74) is 6.08. The van der Waals surface area contributed by atoms with E-state index in [1.165, 1.54) is 61.9 Å². The molecule has 0 aromatic heterocycles. The van der Waals surface area contributed by atoms with Crippen LogP contribution in [0.2, 0.25) is 0 Å². The predicted octanol–water partition coefficient (Wildman–Crippen LogP) is 4.77. The van der Waals surface area contributed by atoms with E-state index in [-0.39, 0.29) is 5.41 Å². The minimum Gasteiger partial charge on any atom is -0.337 e. The summed E-state index contributed by atoms with van der Waals surface area (Å²) in [6.45, 7) is 3.99. The van der Waals surface area contributed by atoms with Crippen LogP contribution in [-0.4, -0.2) is 62.3 Å². The van der Waals surface area contributed by atoms with Crippen molar-refractivity contribution in [2.45, 2.75) is 67.9 Å². The second kappa shape index (κ2) is 10.0. The molecule has 4 fully saturated rings. The molecule has 3 aromatic carbocycles. The van der Waals surface area contributed by atoms with Gasteiger partial charge in [0.05, 0.1) is 6.04 Å². The molecule has 6 unspecified atom stereocenters. The van der Waals surface area contributed by atoms with E-state index in [4.69, 9.17) is 0 Å². The number of piperidine rings is 3. The van der Waals surface area contributed by atoms with E-state index in [1.54, 1.807) is 5.56 Å². The Kier molecular flexibility index (Phi) is 6.31. The van der Waals surface area contributed by atoms with Gasteiger partial charge in [-0.3, -0.25) is 0 Å². The molecule has 0 bridgehead atoms. The molecule has 8 rings (SSSR count). The normalized spacial score (nSPS) is 35.4. The molecule has 2 N–H and O–H groups in total. The van der Waals surface area contributed by atoms with Crippen LogP contribution in [0.5, 0.6) is 0 Å². The maximum absolute atomic E-state index is 4.19. The lowest BCUT2D eigenvalue weighted by atomic mass is 9.23. The number of likely N-dealkylation sites (N-methyl/N-ethyl adjacent to an activating group) is 1. The van der Waals surface area contributed by atoms with Gasteiger partial charge in [0.2, 0.25) is 6.71 Å². The highest BCUT2D eigenvalue weighted by molar-refractivity contribution is 6.76. The number of fused-ring (bicyclic) bond motifs is 8. The van der Waals surface area contributed by atoms with Crippen molar-refractivity contribution in [2.75, 3.05) is 31.6 Å². The Hall–Kier alpha value is -2.60. The largest absolute Gasteiger partial charge is 0.337 e. The van der Waals surface area contributed by atoms with Gasteiger partial charge in [0.15, 0.2) is 0 Å². The van der Waals surface area contributed by atoms with Crippen molar-refractivity contribution in [3.63, 3.8) is 0 Å². The van der Waals surface area contributed by atoms with Gasteiger partial charge in [-0.1, -0.05) is 72.2 Å². The van der Waals surface area contributed by atoms with Gasteiger partial charge in [0.1, 0.15) is 0 Å². The molecule has 4 nitrogen and oxygen atoms in total. The summed E-state index contributed by atoms with van der Waals surface area (Å²) in [5.74, 6) is 2.19. The molecule has 5 heterocycles. The molecular weight excluding hydrogens is 487 g/mol. The third-order valence-corrected chi connectivity index (χ3v) is 11.5. The van der Waals surface area contributed by atoms with E-state index in [0.717, 1.165) is 13.1 Å². The van der Waals surface area contributed by atoms with Crippen LogP contribution >= 0.6 is 0 Å². The Labute approximate surface area is 240 Å². The molecule has 0 amide bonds. The fourth-order valence-corrected chi connectivity index (χ4v) is 10.5. The number of anilines is 2. The van der Waals surface area contributed by atoms with Crippen molar-refractivity contribution in [3.05, 3.63) is 90.5 Å². The van der Waals surface area contributed by atoms with Gasteiger partial charge in [-0.25, -0.2) is 0 Å². The number of para-hydroxylation sites is 2. The zero-order valence-corrected chi connectivity index (χ0v) is 23.9. The number of rotatable bonds is 2.